The molecule has 1 saturated carbocycles. The third-order valence-corrected chi connectivity index (χ3v) is 6.72. The summed E-state index contributed by atoms with van der Waals surface area (Å²) in [5.41, 5.74) is 7.08. The summed E-state index contributed by atoms with van der Waals surface area (Å²) in [7, 11) is 0. The van der Waals surface area contributed by atoms with Gasteiger partial charge >= 0.3 is 6.36 Å². The number of piperidine rings is 1. The molecule has 1 heterocycles. The number of ether oxygens (including phenoxy) is 1. The second-order valence-corrected chi connectivity index (χ2v) is 9.66. The van der Waals surface area contributed by atoms with Gasteiger partial charge in [-0.25, -0.2) is 0 Å². The number of para-hydroxylation sites is 1. The number of hydrogen-bond donors (Lipinski definition) is 2. The maximum atomic E-state index is 12.5. The number of likely N-dealkylation sites (tertiary alicyclic amines) is 1. The molecule has 1 amide bonds. The lowest BCUT2D eigenvalue weighted by Gasteiger charge is -2.26. The summed E-state index contributed by atoms with van der Waals surface area (Å²) < 4.78 is 41.6. The maximum Gasteiger partial charge on any atom is 0.573 e. The molecule has 0 radical (unpaired) electrons. The zero-order valence-electron chi connectivity index (χ0n) is 21.0. The van der Waals surface area contributed by atoms with Crippen molar-refractivity contribution in [2.45, 2.75) is 63.8 Å². The first-order valence-corrected chi connectivity index (χ1v) is 12.9. The van der Waals surface area contributed by atoms with Crippen LogP contribution in [0.3, 0.4) is 0 Å². The van der Waals surface area contributed by atoms with Crippen LogP contribution in [0.4, 0.5) is 18.9 Å². The minimum Gasteiger partial charge on any atom is -0.405 e. The van der Waals surface area contributed by atoms with Crippen LogP contribution in [0.15, 0.2) is 48.5 Å². The molecule has 3 N–H and O–H groups in total. The first-order chi connectivity index (χ1) is 17.7. The average Bonchev–Trinajstić information content (AvgIpc) is 2.88. The van der Waals surface area contributed by atoms with Gasteiger partial charge in [0.25, 0.3) is 5.91 Å². The van der Waals surface area contributed by atoms with E-state index in [-0.39, 0.29) is 5.56 Å². The molecular formula is C28H36F3N3O3. The van der Waals surface area contributed by atoms with Crippen molar-refractivity contribution in [2.24, 2.45) is 11.7 Å². The molecule has 2 aromatic rings. The van der Waals surface area contributed by atoms with Gasteiger partial charge in [-0.15, -0.1) is 13.2 Å². The summed E-state index contributed by atoms with van der Waals surface area (Å²) in [6.07, 6.45) is 4.89. The van der Waals surface area contributed by atoms with E-state index >= 15 is 0 Å². The molecule has 2 fully saturated rings. The molecule has 1 saturated heterocycles. The molecule has 37 heavy (non-hydrogen) atoms. The fourth-order valence-corrected chi connectivity index (χ4v) is 4.62. The fraction of sp³-hybridized carbons (Fsp3) is 0.500. The van der Waals surface area contributed by atoms with Crippen LogP contribution >= 0.6 is 0 Å². The van der Waals surface area contributed by atoms with E-state index in [2.05, 4.69) is 15.0 Å². The lowest BCUT2D eigenvalue weighted by Crippen LogP contribution is -2.31. The molecule has 4 rings (SSSR count). The number of halogens is 3. The SMILES string of the molecule is NC1CCC(C=O)CC1.O=C(Nc1cccc(CCN2CCCCC2)c1)c1ccccc1OC(F)(F)F. The van der Waals surface area contributed by atoms with Gasteiger partial charge in [0, 0.05) is 24.2 Å². The van der Waals surface area contributed by atoms with Crippen LogP contribution in [0.25, 0.3) is 0 Å². The van der Waals surface area contributed by atoms with Crippen molar-refractivity contribution in [3.8, 4) is 5.75 Å². The van der Waals surface area contributed by atoms with Gasteiger partial charge in [-0.2, -0.15) is 0 Å². The zero-order chi connectivity index (χ0) is 26.7. The highest BCUT2D eigenvalue weighted by molar-refractivity contribution is 6.06. The quantitative estimate of drug-likeness (QED) is 0.468. The van der Waals surface area contributed by atoms with Crippen LogP contribution in [0.1, 0.15) is 60.9 Å². The highest BCUT2D eigenvalue weighted by atomic mass is 19.4. The van der Waals surface area contributed by atoms with Crippen LogP contribution < -0.4 is 15.8 Å². The number of aldehydes is 1. The Labute approximate surface area is 216 Å². The number of nitrogens with zero attached hydrogens (tertiary/aromatic N) is 1. The van der Waals surface area contributed by atoms with Gasteiger partial charge in [0.1, 0.15) is 12.0 Å². The Balaban J connectivity index is 0.000000356. The third-order valence-electron chi connectivity index (χ3n) is 6.72. The number of carbonyl (C=O) groups excluding carboxylic acids is 2. The van der Waals surface area contributed by atoms with Gasteiger partial charge in [-0.1, -0.05) is 30.7 Å². The molecule has 1 aliphatic heterocycles. The lowest BCUT2D eigenvalue weighted by atomic mass is 9.88. The Kier molecular flexibility index (Phi) is 11.0. The van der Waals surface area contributed by atoms with Gasteiger partial charge in [0.2, 0.25) is 0 Å². The van der Waals surface area contributed by atoms with Crippen molar-refractivity contribution < 1.29 is 27.5 Å². The van der Waals surface area contributed by atoms with E-state index in [0.717, 1.165) is 69.7 Å². The first kappa shape index (κ1) is 28.7. The molecular weight excluding hydrogens is 483 g/mol. The summed E-state index contributed by atoms with van der Waals surface area (Å²) in [6.45, 7) is 3.19. The number of nitrogens with one attached hydrogen (secondary N) is 1. The third kappa shape index (κ3) is 10.2. The molecule has 1 aliphatic carbocycles. The van der Waals surface area contributed by atoms with E-state index in [1.165, 1.54) is 37.5 Å². The van der Waals surface area contributed by atoms with Crippen LogP contribution in [0.5, 0.6) is 5.75 Å². The highest BCUT2D eigenvalue weighted by Gasteiger charge is 2.32. The molecule has 202 valence electrons. The standard InChI is InChI=1S/C21H23F3N2O2.C7H13NO/c22-21(23,24)28-19-10-3-2-9-18(19)20(27)25-17-8-6-7-16(15-17)11-14-26-12-4-1-5-13-26;8-7-3-1-6(5-9)2-4-7/h2-3,6-10,15H,1,4-5,11-14H2,(H,25,27);5-7H,1-4,8H2. The van der Waals surface area contributed by atoms with Gasteiger partial charge < -0.3 is 25.5 Å². The molecule has 9 heteroatoms. The van der Waals surface area contributed by atoms with Crippen LogP contribution in [-0.4, -0.2) is 49.1 Å². The van der Waals surface area contributed by atoms with Gasteiger partial charge in [-0.3, -0.25) is 4.79 Å². The van der Waals surface area contributed by atoms with Crippen molar-refractivity contribution in [1.82, 2.24) is 4.90 Å². The molecule has 6 nitrogen and oxygen atoms in total. The predicted octanol–water partition coefficient (Wildman–Crippen LogP) is 5.57. The van der Waals surface area contributed by atoms with E-state index in [9.17, 15) is 22.8 Å². The molecule has 0 aromatic heterocycles. The fourth-order valence-electron chi connectivity index (χ4n) is 4.62. The zero-order valence-corrected chi connectivity index (χ0v) is 21.0. The highest BCUT2D eigenvalue weighted by Crippen LogP contribution is 2.27. The second kappa shape index (κ2) is 14.1. The average molecular weight is 520 g/mol. The van der Waals surface area contributed by atoms with Crippen molar-refractivity contribution in [3.05, 3.63) is 59.7 Å². The van der Waals surface area contributed by atoms with E-state index in [4.69, 9.17) is 5.73 Å². The van der Waals surface area contributed by atoms with Gasteiger partial charge in [0.15, 0.2) is 0 Å². The second-order valence-electron chi connectivity index (χ2n) is 9.66. The Morgan fingerprint density at radius 3 is 2.41 bits per heavy atom. The maximum absolute atomic E-state index is 12.5. The largest absolute Gasteiger partial charge is 0.573 e. The van der Waals surface area contributed by atoms with E-state index in [1.54, 1.807) is 6.07 Å². The van der Waals surface area contributed by atoms with Crippen molar-refractivity contribution in [2.75, 3.05) is 25.0 Å². The van der Waals surface area contributed by atoms with E-state index in [0.29, 0.717) is 17.6 Å². The Morgan fingerprint density at radius 2 is 1.73 bits per heavy atom. The molecule has 2 aromatic carbocycles. The van der Waals surface area contributed by atoms with Gasteiger partial charge in [0.05, 0.1) is 5.56 Å². The molecule has 0 bridgehead atoms. The lowest BCUT2D eigenvalue weighted by molar-refractivity contribution is -0.274. The molecule has 0 unspecified atom stereocenters. The summed E-state index contributed by atoms with van der Waals surface area (Å²) in [5.74, 6) is -0.855. The minimum atomic E-state index is -4.86. The number of carbonyl (C=O) groups is 2. The normalized spacial score (nSPS) is 20.3. The summed E-state index contributed by atoms with van der Waals surface area (Å²) in [6, 6.07) is 13.1. The van der Waals surface area contributed by atoms with Crippen molar-refractivity contribution in [1.29, 1.82) is 0 Å². The summed E-state index contributed by atoms with van der Waals surface area (Å²) in [5, 5.41) is 2.66. The van der Waals surface area contributed by atoms with E-state index < -0.39 is 18.0 Å². The molecule has 0 atom stereocenters. The number of anilines is 1. The van der Waals surface area contributed by atoms with Gasteiger partial charge in [-0.05, 0) is 87.9 Å². The van der Waals surface area contributed by atoms with Crippen molar-refractivity contribution >= 4 is 17.9 Å². The number of amides is 1. The Hall–Kier alpha value is -2.91. The number of nitrogens with two attached hydrogens (primary N) is 1. The first-order valence-electron chi connectivity index (χ1n) is 12.9. The number of rotatable bonds is 7. The Bertz CT molecular complexity index is 1000. The van der Waals surface area contributed by atoms with Crippen LogP contribution in [-0.2, 0) is 11.2 Å². The molecule has 0 spiro atoms. The summed E-state index contributed by atoms with van der Waals surface area (Å²) in [4.78, 5) is 25.1. The smallest absolute Gasteiger partial charge is 0.405 e. The Morgan fingerprint density at radius 1 is 1.03 bits per heavy atom. The number of hydrogen-bond acceptors (Lipinski definition) is 5. The van der Waals surface area contributed by atoms with Crippen LogP contribution in [0, 0.1) is 5.92 Å². The number of benzene rings is 2. The van der Waals surface area contributed by atoms with Crippen LogP contribution in [0.2, 0.25) is 0 Å². The monoisotopic (exact) mass is 519 g/mol. The summed E-state index contributed by atoms with van der Waals surface area (Å²) >= 11 is 0. The molecule has 2 aliphatic rings. The minimum absolute atomic E-state index is 0.168. The number of alkyl halides is 3. The predicted molar refractivity (Wildman–Crippen MR) is 138 cm³/mol. The van der Waals surface area contributed by atoms with Crippen molar-refractivity contribution in [3.63, 3.8) is 0 Å². The van der Waals surface area contributed by atoms with E-state index in [1.807, 2.05) is 18.2 Å². The topological polar surface area (TPSA) is 84.7 Å².